The van der Waals surface area contributed by atoms with E-state index in [2.05, 4.69) is 13.8 Å². The van der Waals surface area contributed by atoms with Crippen molar-refractivity contribution >= 4 is 11.9 Å². The van der Waals surface area contributed by atoms with Gasteiger partial charge < -0.3 is 9.84 Å². The van der Waals surface area contributed by atoms with Gasteiger partial charge in [-0.2, -0.15) is 0 Å². The fraction of sp³-hybridized carbons (Fsp3) is 0.905. The summed E-state index contributed by atoms with van der Waals surface area (Å²) in [6.07, 6.45) is 12.4. The van der Waals surface area contributed by atoms with Crippen LogP contribution in [0.3, 0.4) is 0 Å². The van der Waals surface area contributed by atoms with E-state index in [4.69, 9.17) is 9.84 Å². The molecule has 1 fully saturated rings. The van der Waals surface area contributed by atoms with Crippen molar-refractivity contribution in [3.63, 3.8) is 0 Å². The molecule has 0 spiro atoms. The van der Waals surface area contributed by atoms with Crippen LogP contribution >= 0.6 is 0 Å². The van der Waals surface area contributed by atoms with Gasteiger partial charge in [-0.1, -0.05) is 58.8 Å². The topological polar surface area (TPSA) is 63.6 Å². The molecule has 4 heteroatoms. The van der Waals surface area contributed by atoms with Gasteiger partial charge in [0.15, 0.2) is 0 Å². The Hall–Kier alpha value is -1.06. The molecule has 1 rings (SSSR count). The summed E-state index contributed by atoms with van der Waals surface area (Å²) < 4.78 is 5.56. The van der Waals surface area contributed by atoms with Gasteiger partial charge in [-0.05, 0) is 44.9 Å². The highest BCUT2D eigenvalue weighted by atomic mass is 16.5. The van der Waals surface area contributed by atoms with E-state index in [1.165, 1.54) is 38.5 Å². The first-order valence-corrected chi connectivity index (χ1v) is 10.3. The second kappa shape index (κ2) is 12.3. The number of unbranched alkanes of at least 4 members (excludes halogenated alkanes) is 5. The third-order valence-corrected chi connectivity index (χ3v) is 5.32. The van der Waals surface area contributed by atoms with Crippen molar-refractivity contribution in [1.82, 2.24) is 0 Å². The van der Waals surface area contributed by atoms with Crippen molar-refractivity contribution in [2.45, 2.75) is 104 Å². The fourth-order valence-electron chi connectivity index (χ4n) is 3.67. The molecule has 1 saturated carbocycles. The minimum atomic E-state index is -0.779. The van der Waals surface area contributed by atoms with Gasteiger partial charge in [-0.3, -0.25) is 9.59 Å². The number of esters is 1. The maximum atomic E-state index is 12.2. The molecule has 0 saturated heterocycles. The first-order valence-electron chi connectivity index (χ1n) is 10.3. The third kappa shape index (κ3) is 9.86. The number of carboxylic acid groups (broad SMARTS) is 1. The van der Waals surface area contributed by atoms with Crippen molar-refractivity contribution in [3.8, 4) is 0 Å². The second-order valence-electron chi connectivity index (χ2n) is 8.24. The molecule has 0 aromatic rings. The molecule has 1 N–H and O–H groups in total. The maximum Gasteiger partial charge on any atom is 0.309 e. The van der Waals surface area contributed by atoms with Crippen molar-refractivity contribution in [1.29, 1.82) is 0 Å². The average Bonchev–Trinajstić information content (AvgIpc) is 2.57. The summed E-state index contributed by atoms with van der Waals surface area (Å²) in [5, 5.41) is 9.12. The zero-order valence-corrected chi connectivity index (χ0v) is 16.5. The Morgan fingerprint density at radius 2 is 1.48 bits per heavy atom. The van der Waals surface area contributed by atoms with Crippen LogP contribution in [0.15, 0.2) is 0 Å². The number of ether oxygens (including phenoxy) is 1. The summed E-state index contributed by atoms with van der Waals surface area (Å²) in [5.74, 6) is -0.757. The van der Waals surface area contributed by atoms with Gasteiger partial charge in [0.05, 0.1) is 17.9 Å². The van der Waals surface area contributed by atoms with Crippen molar-refractivity contribution in [2.24, 2.45) is 17.8 Å². The Morgan fingerprint density at radius 1 is 0.920 bits per heavy atom. The molecule has 0 aliphatic heterocycles. The zero-order valence-electron chi connectivity index (χ0n) is 16.5. The SMILES string of the molecule is CC(C)CCCCCCCCC(C)OC(=O)C1CCCC(C(=O)O)C1. The molecule has 0 heterocycles. The molecule has 1 aliphatic carbocycles. The van der Waals surface area contributed by atoms with Gasteiger partial charge in [0.2, 0.25) is 0 Å². The normalized spacial score (nSPS) is 21.9. The van der Waals surface area contributed by atoms with Gasteiger partial charge >= 0.3 is 11.9 Å². The maximum absolute atomic E-state index is 12.2. The average molecular weight is 355 g/mol. The molecule has 1 aliphatic rings. The summed E-state index contributed by atoms with van der Waals surface area (Å²) in [5.41, 5.74) is 0. The summed E-state index contributed by atoms with van der Waals surface area (Å²) >= 11 is 0. The lowest BCUT2D eigenvalue weighted by atomic mass is 9.81. The molecule has 3 atom stereocenters. The number of hydrogen-bond donors (Lipinski definition) is 1. The second-order valence-corrected chi connectivity index (χ2v) is 8.24. The quantitative estimate of drug-likeness (QED) is 0.367. The Kier molecular flexibility index (Phi) is 10.8. The highest BCUT2D eigenvalue weighted by Crippen LogP contribution is 2.30. The highest BCUT2D eigenvalue weighted by Gasteiger charge is 2.32. The van der Waals surface area contributed by atoms with Crippen LogP contribution in [0, 0.1) is 17.8 Å². The van der Waals surface area contributed by atoms with Gasteiger partial charge in [-0.25, -0.2) is 0 Å². The van der Waals surface area contributed by atoms with Crippen LogP contribution < -0.4 is 0 Å². The van der Waals surface area contributed by atoms with Gasteiger partial charge in [0, 0.05) is 0 Å². The van der Waals surface area contributed by atoms with E-state index in [0.29, 0.717) is 12.8 Å². The Labute approximate surface area is 153 Å². The molecular weight excluding hydrogens is 316 g/mol. The summed E-state index contributed by atoms with van der Waals surface area (Å²) in [6, 6.07) is 0. The van der Waals surface area contributed by atoms with Crippen LogP contribution in [-0.2, 0) is 14.3 Å². The van der Waals surface area contributed by atoms with Crippen molar-refractivity contribution in [3.05, 3.63) is 0 Å². The van der Waals surface area contributed by atoms with E-state index in [0.717, 1.165) is 31.6 Å². The predicted octanol–water partition coefficient (Wildman–Crippen LogP) is 5.59. The van der Waals surface area contributed by atoms with Crippen LogP contribution in [0.4, 0.5) is 0 Å². The van der Waals surface area contributed by atoms with Crippen LogP contribution in [0.5, 0.6) is 0 Å². The van der Waals surface area contributed by atoms with Gasteiger partial charge in [0.1, 0.15) is 0 Å². The molecule has 4 nitrogen and oxygen atoms in total. The number of carboxylic acids is 1. The van der Waals surface area contributed by atoms with Gasteiger partial charge in [0.25, 0.3) is 0 Å². The molecule has 0 aromatic heterocycles. The number of carbonyl (C=O) groups excluding carboxylic acids is 1. The summed E-state index contributed by atoms with van der Waals surface area (Å²) in [7, 11) is 0. The molecular formula is C21H38O4. The minimum Gasteiger partial charge on any atom is -0.481 e. The lowest BCUT2D eigenvalue weighted by Crippen LogP contribution is -2.30. The van der Waals surface area contributed by atoms with E-state index < -0.39 is 5.97 Å². The zero-order chi connectivity index (χ0) is 18.7. The number of carbonyl (C=O) groups is 2. The number of hydrogen-bond acceptors (Lipinski definition) is 3. The van der Waals surface area contributed by atoms with Crippen LogP contribution in [0.25, 0.3) is 0 Å². The molecule has 0 bridgehead atoms. The van der Waals surface area contributed by atoms with Crippen molar-refractivity contribution in [2.75, 3.05) is 0 Å². The standard InChI is InChI=1S/C21H38O4/c1-16(2)11-8-6-4-5-7-9-12-17(3)25-21(24)19-14-10-13-18(15-19)20(22)23/h16-19H,4-15H2,1-3H3,(H,22,23). The molecule has 3 unspecified atom stereocenters. The van der Waals surface area contributed by atoms with Crippen molar-refractivity contribution < 1.29 is 19.4 Å². The molecule has 0 radical (unpaired) electrons. The van der Waals surface area contributed by atoms with E-state index >= 15 is 0 Å². The van der Waals surface area contributed by atoms with E-state index in [1.54, 1.807) is 0 Å². The Morgan fingerprint density at radius 3 is 2.08 bits per heavy atom. The van der Waals surface area contributed by atoms with Gasteiger partial charge in [-0.15, -0.1) is 0 Å². The molecule has 0 amide bonds. The first kappa shape index (κ1) is 22.0. The van der Waals surface area contributed by atoms with Crippen LogP contribution in [0.2, 0.25) is 0 Å². The highest BCUT2D eigenvalue weighted by molar-refractivity contribution is 5.75. The third-order valence-electron chi connectivity index (χ3n) is 5.32. The molecule has 0 aromatic carbocycles. The first-order chi connectivity index (χ1) is 11.9. The number of aliphatic carboxylic acids is 1. The number of rotatable bonds is 12. The Balaban J connectivity index is 2.08. The lowest BCUT2D eigenvalue weighted by molar-refractivity contribution is -0.156. The van der Waals surface area contributed by atoms with E-state index in [9.17, 15) is 9.59 Å². The lowest BCUT2D eigenvalue weighted by Gasteiger charge is -2.26. The van der Waals surface area contributed by atoms with Crippen LogP contribution in [-0.4, -0.2) is 23.1 Å². The largest absolute Gasteiger partial charge is 0.481 e. The monoisotopic (exact) mass is 354 g/mol. The molecule has 25 heavy (non-hydrogen) atoms. The van der Waals surface area contributed by atoms with E-state index in [1.807, 2.05) is 6.92 Å². The predicted molar refractivity (Wildman–Crippen MR) is 100 cm³/mol. The fourth-order valence-corrected chi connectivity index (χ4v) is 3.67. The van der Waals surface area contributed by atoms with Crippen LogP contribution in [0.1, 0.15) is 97.8 Å². The minimum absolute atomic E-state index is 0.0568. The van der Waals surface area contributed by atoms with E-state index in [-0.39, 0.29) is 23.9 Å². The summed E-state index contributed by atoms with van der Waals surface area (Å²) in [4.78, 5) is 23.3. The smallest absolute Gasteiger partial charge is 0.309 e. The Bertz CT molecular complexity index is 391. The molecule has 146 valence electrons. The summed E-state index contributed by atoms with van der Waals surface area (Å²) in [6.45, 7) is 6.51.